The van der Waals surface area contributed by atoms with Gasteiger partial charge in [-0.3, -0.25) is 33.6 Å². The number of hydrogen-bond donors (Lipinski definition) is 2. The van der Waals surface area contributed by atoms with E-state index in [1.54, 1.807) is 11.8 Å². The summed E-state index contributed by atoms with van der Waals surface area (Å²) in [6.07, 6.45) is 11.3. The lowest BCUT2D eigenvalue weighted by molar-refractivity contribution is -0.148. The first-order chi connectivity index (χ1) is 25.2. The highest BCUT2D eigenvalue weighted by Crippen LogP contribution is 2.42. The van der Waals surface area contributed by atoms with Crippen LogP contribution in [0, 0.1) is 41.9 Å². The minimum atomic E-state index is -1.01. The molecule has 0 spiro atoms. The van der Waals surface area contributed by atoms with Crippen LogP contribution in [0.4, 0.5) is 5.82 Å². The molecule has 3 aliphatic carbocycles. The van der Waals surface area contributed by atoms with Gasteiger partial charge >= 0.3 is 0 Å². The van der Waals surface area contributed by atoms with E-state index in [1.807, 2.05) is 27.7 Å². The van der Waals surface area contributed by atoms with E-state index in [4.69, 9.17) is 4.52 Å². The maximum absolute atomic E-state index is 14.9. The van der Waals surface area contributed by atoms with Crippen LogP contribution in [-0.4, -0.2) is 69.0 Å². The molecule has 0 unspecified atom stereocenters. The van der Waals surface area contributed by atoms with Crippen LogP contribution in [0.25, 0.3) is 0 Å². The Kier molecular flexibility index (Phi) is 13.5. The van der Waals surface area contributed by atoms with Crippen LogP contribution in [0.2, 0.25) is 0 Å². The van der Waals surface area contributed by atoms with Gasteiger partial charge in [0.05, 0.1) is 6.04 Å². The van der Waals surface area contributed by atoms with E-state index in [0.29, 0.717) is 25.0 Å². The van der Waals surface area contributed by atoms with Crippen molar-refractivity contribution in [3.05, 3.63) is 11.8 Å². The fraction of sp³-hybridized carbons (Fsp3) is 0.756. The zero-order valence-corrected chi connectivity index (χ0v) is 32.4. The molecule has 4 fully saturated rings. The lowest BCUT2D eigenvalue weighted by Crippen LogP contribution is -2.60. The molecule has 6 atom stereocenters. The average Bonchev–Trinajstić information content (AvgIpc) is 3.71. The second-order valence-corrected chi connectivity index (χ2v) is 17.4. The summed E-state index contributed by atoms with van der Waals surface area (Å²) in [5, 5.41) is 9.24. The molecule has 1 aromatic rings. The normalized spacial score (nSPS) is 23.7. The molecule has 3 saturated carbocycles. The number of nitrogens with one attached hydrogen (secondary N) is 2. The smallest absolute Gasteiger partial charge is 0.293 e. The summed E-state index contributed by atoms with van der Waals surface area (Å²) in [4.78, 5) is 97.5. The van der Waals surface area contributed by atoms with Crippen molar-refractivity contribution in [3.63, 3.8) is 0 Å². The standard InChI is InChI=1S/C41H60N4O8/c1-6-12-28(36(49)33(47)20-25-17-18-25)22-32(46)31-21-27-15-10-11-16-30(27)45(31)40(52)37(41(3,4)5)43-38(50)29(26-13-8-7-9-14-26)23-34(48)39(51)42-35-19-24(2)53-44-35/h19,25-31,37H,6-18,20-23H2,1-5H3,(H,43,50)(H,42,44,51)/t27-,28+,29-,30-,31-,37+/m0/s1. The first-order valence-corrected chi connectivity index (χ1v) is 20.2. The second-order valence-electron chi connectivity index (χ2n) is 17.4. The van der Waals surface area contributed by atoms with E-state index in [0.717, 1.165) is 70.6 Å². The lowest BCUT2D eigenvalue weighted by Gasteiger charge is -2.40. The van der Waals surface area contributed by atoms with E-state index in [1.165, 1.54) is 6.07 Å². The van der Waals surface area contributed by atoms with Crippen LogP contribution < -0.4 is 10.6 Å². The quantitative estimate of drug-likeness (QED) is 0.180. The molecule has 4 aliphatic rings. The SMILES string of the molecule is CCC[C@H](CC(=O)[C@@H]1C[C@@H]2CCCC[C@@H]2N1C(=O)[C@@H](NC(=O)[C@@H](CC(=O)C(=O)Nc1cc(C)on1)C1CCCCC1)C(C)(C)C)C(=O)C(=O)CC1CC1. The Morgan fingerprint density at radius 2 is 1.58 bits per heavy atom. The van der Waals surface area contributed by atoms with Gasteiger partial charge in [0.25, 0.3) is 5.91 Å². The van der Waals surface area contributed by atoms with Crippen molar-refractivity contribution >= 4 is 46.7 Å². The first kappa shape index (κ1) is 40.5. The maximum atomic E-state index is 14.9. The minimum Gasteiger partial charge on any atom is -0.360 e. The summed E-state index contributed by atoms with van der Waals surface area (Å²) in [5.41, 5.74) is -0.758. The fourth-order valence-corrected chi connectivity index (χ4v) is 8.99. The Bertz CT molecular complexity index is 1530. The van der Waals surface area contributed by atoms with Crippen molar-refractivity contribution in [2.24, 2.45) is 35.0 Å². The molecule has 12 heteroatoms. The number of likely N-dealkylation sites (tertiary alicyclic amines) is 1. The highest BCUT2D eigenvalue weighted by molar-refractivity contribution is 6.40. The summed E-state index contributed by atoms with van der Waals surface area (Å²) in [5.74, 6) is -4.14. The van der Waals surface area contributed by atoms with E-state index in [9.17, 15) is 33.6 Å². The summed E-state index contributed by atoms with van der Waals surface area (Å²) in [7, 11) is 0. The van der Waals surface area contributed by atoms with Crippen molar-refractivity contribution in [2.75, 3.05) is 5.32 Å². The molecule has 2 N–H and O–H groups in total. The fourth-order valence-electron chi connectivity index (χ4n) is 8.99. The van der Waals surface area contributed by atoms with Crippen LogP contribution in [0.5, 0.6) is 0 Å². The third-order valence-electron chi connectivity index (χ3n) is 12.1. The van der Waals surface area contributed by atoms with Gasteiger partial charge in [-0.15, -0.1) is 0 Å². The van der Waals surface area contributed by atoms with Crippen molar-refractivity contribution in [1.82, 2.24) is 15.4 Å². The van der Waals surface area contributed by atoms with Crippen LogP contribution in [0.1, 0.15) is 143 Å². The molecule has 3 amide bonds. The second kappa shape index (κ2) is 17.6. The van der Waals surface area contributed by atoms with E-state index in [-0.39, 0.29) is 66.3 Å². The lowest BCUT2D eigenvalue weighted by atomic mass is 9.76. The number of fused-ring (bicyclic) bond motifs is 1. The summed E-state index contributed by atoms with van der Waals surface area (Å²) < 4.78 is 4.99. The maximum Gasteiger partial charge on any atom is 0.293 e. The van der Waals surface area contributed by atoms with Gasteiger partial charge < -0.3 is 20.1 Å². The Balaban J connectivity index is 1.36. The van der Waals surface area contributed by atoms with Crippen LogP contribution in [0.15, 0.2) is 10.6 Å². The molecular weight excluding hydrogens is 676 g/mol. The Morgan fingerprint density at radius 3 is 2.21 bits per heavy atom. The van der Waals surface area contributed by atoms with Gasteiger partial charge in [0.1, 0.15) is 11.8 Å². The van der Waals surface area contributed by atoms with E-state index < -0.39 is 52.7 Å². The molecule has 0 aromatic carbocycles. The Labute approximate surface area is 313 Å². The number of Topliss-reactive ketones (excluding diaryl/α,β-unsaturated/α-hetero) is 4. The number of aryl methyl sites for hydroxylation is 1. The number of carbonyl (C=O) groups excluding carboxylic acids is 7. The van der Waals surface area contributed by atoms with Gasteiger partial charge in [0.15, 0.2) is 17.4 Å². The molecule has 5 rings (SSSR count). The summed E-state index contributed by atoms with van der Waals surface area (Å²) in [6.45, 7) is 9.22. The molecule has 1 aromatic heterocycles. The van der Waals surface area contributed by atoms with Crippen LogP contribution in [0.3, 0.4) is 0 Å². The number of ketones is 4. The van der Waals surface area contributed by atoms with Gasteiger partial charge in [-0.05, 0) is 81.5 Å². The molecule has 1 aliphatic heterocycles. The van der Waals surface area contributed by atoms with Crippen LogP contribution >= 0.6 is 0 Å². The zero-order chi connectivity index (χ0) is 38.4. The van der Waals surface area contributed by atoms with Crippen molar-refractivity contribution < 1.29 is 38.1 Å². The monoisotopic (exact) mass is 736 g/mol. The minimum absolute atomic E-state index is 0.0780. The molecule has 0 radical (unpaired) electrons. The van der Waals surface area contributed by atoms with Gasteiger partial charge in [0.2, 0.25) is 23.4 Å². The molecule has 0 bridgehead atoms. The highest BCUT2D eigenvalue weighted by Gasteiger charge is 2.51. The largest absolute Gasteiger partial charge is 0.360 e. The van der Waals surface area contributed by atoms with Crippen molar-refractivity contribution in [1.29, 1.82) is 0 Å². The topological polar surface area (TPSA) is 173 Å². The van der Waals surface area contributed by atoms with Gasteiger partial charge in [-0.1, -0.05) is 71.4 Å². The molecule has 2 heterocycles. The molecule has 12 nitrogen and oxygen atoms in total. The van der Waals surface area contributed by atoms with E-state index >= 15 is 0 Å². The molecule has 292 valence electrons. The predicted octanol–water partition coefficient (Wildman–Crippen LogP) is 6.08. The molecular formula is C41H60N4O8. The van der Waals surface area contributed by atoms with Gasteiger partial charge in [0, 0.05) is 43.2 Å². The average molecular weight is 737 g/mol. The summed E-state index contributed by atoms with van der Waals surface area (Å²) >= 11 is 0. The van der Waals surface area contributed by atoms with Crippen LogP contribution in [-0.2, 0) is 33.6 Å². The third kappa shape index (κ3) is 10.3. The highest BCUT2D eigenvalue weighted by atomic mass is 16.5. The van der Waals surface area contributed by atoms with Crippen molar-refractivity contribution in [3.8, 4) is 0 Å². The molecule has 53 heavy (non-hydrogen) atoms. The number of aromatic nitrogens is 1. The van der Waals surface area contributed by atoms with Gasteiger partial charge in [-0.25, -0.2) is 0 Å². The third-order valence-corrected chi connectivity index (χ3v) is 12.1. The number of nitrogens with zero attached hydrogens (tertiary/aromatic N) is 2. The van der Waals surface area contributed by atoms with Gasteiger partial charge in [-0.2, -0.15) is 0 Å². The first-order valence-electron chi connectivity index (χ1n) is 20.2. The number of carbonyl (C=O) groups is 7. The summed E-state index contributed by atoms with van der Waals surface area (Å²) in [6, 6.07) is -0.418. The molecule has 1 saturated heterocycles. The zero-order valence-electron chi connectivity index (χ0n) is 32.4. The number of rotatable bonds is 17. The predicted molar refractivity (Wildman–Crippen MR) is 197 cm³/mol. The van der Waals surface area contributed by atoms with Crippen molar-refractivity contribution in [2.45, 2.75) is 162 Å². The Morgan fingerprint density at radius 1 is 0.906 bits per heavy atom. The number of hydrogen-bond acceptors (Lipinski definition) is 9. The number of amides is 3. The number of anilines is 1. The van der Waals surface area contributed by atoms with E-state index in [2.05, 4.69) is 15.8 Å². The Hall–Kier alpha value is -3.70.